The smallest absolute Gasteiger partial charge is 0.180 e. The van der Waals surface area contributed by atoms with Crippen LogP contribution in [0.5, 0.6) is 0 Å². The molecule has 0 unspecified atom stereocenters. The van der Waals surface area contributed by atoms with Crippen LogP contribution in [0.1, 0.15) is 22.6 Å². The molecule has 4 rings (SSSR count). The van der Waals surface area contributed by atoms with Crippen molar-refractivity contribution < 1.29 is 0 Å². The number of thiophene rings is 1. The van der Waals surface area contributed by atoms with Gasteiger partial charge in [-0.3, -0.25) is 0 Å². The van der Waals surface area contributed by atoms with Crippen LogP contribution in [0, 0.1) is 6.92 Å². The van der Waals surface area contributed by atoms with Crippen molar-refractivity contribution >= 4 is 33.2 Å². The Morgan fingerprint density at radius 1 is 1.15 bits per heavy atom. The van der Waals surface area contributed by atoms with Crippen molar-refractivity contribution in [1.82, 2.24) is 15.0 Å². The number of halogens is 1. The van der Waals surface area contributed by atoms with Gasteiger partial charge in [0.05, 0.1) is 5.39 Å². The van der Waals surface area contributed by atoms with Gasteiger partial charge in [-0.15, -0.1) is 11.3 Å². The summed E-state index contributed by atoms with van der Waals surface area (Å²) in [6.07, 6.45) is 3.46. The van der Waals surface area contributed by atoms with Crippen LogP contribution in [0.15, 0.2) is 18.2 Å². The molecule has 0 spiro atoms. The van der Waals surface area contributed by atoms with Crippen molar-refractivity contribution in [3.63, 3.8) is 0 Å². The Bertz CT molecular complexity index is 825. The SMILES string of the molecule is Cc1cccc(-c2nc(Cl)c3c4c(sc3n2)CCC4)n1. The van der Waals surface area contributed by atoms with E-state index in [4.69, 9.17) is 11.6 Å². The molecule has 0 saturated heterocycles. The molecule has 0 saturated carbocycles. The standard InChI is InChI=1S/C15H12ClN3S/c1-8-4-2-6-10(17-8)14-18-13(16)12-9-5-3-7-11(9)20-15(12)19-14/h2,4,6H,3,5,7H2,1H3. The first-order valence-electron chi connectivity index (χ1n) is 6.64. The molecule has 0 aliphatic heterocycles. The molecule has 0 atom stereocenters. The molecule has 3 aromatic heterocycles. The van der Waals surface area contributed by atoms with Crippen molar-refractivity contribution in [3.8, 4) is 11.5 Å². The molecular formula is C15H12ClN3S. The highest BCUT2D eigenvalue weighted by molar-refractivity contribution is 7.19. The fourth-order valence-corrected chi connectivity index (χ4v) is 4.33. The van der Waals surface area contributed by atoms with Crippen LogP contribution in [0.4, 0.5) is 0 Å². The summed E-state index contributed by atoms with van der Waals surface area (Å²) in [7, 11) is 0. The summed E-state index contributed by atoms with van der Waals surface area (Å²) in [5.74, 6) is 0.617. The Kier molecular flexibility index (Phi) is 2.75. The first kappa shape index (κ1) is 12.2. The molecule has 0 bridgehead atoms. The van der Waals surface area contributed by atoms with E-state index in [1.807, 2.05) is 25.1 Å². The highest BCUT2D eigenvalue weighted by atomic mass is 35.5. The van der Waals surface area contributed by atoms with Gasteiger partial charge in [-0.1, -0.05) is 17.7 Å². The van der Waals surface area contributed by atoms with Crippen molar-refractivity contribution in [1.29, 1.82) is 0 Å². The maximum absolute atomic E-state index is 6.40. The number of hydrogen-bond acceptors (Lipinski definition) is 4. The maximum atomic E-state index is 6.40. The fraction of sp³-hybridized carbons (Fsp3) is 0.267. The van der Waals surface area contributed by atoms with Gasteiger partial charge in [0.25, 0.3) is 0 Å². The molecule has 1 aliphatic carbocycles. The van der Waals surface area contributed by atoms with Crippen LogP contribution < -0.4 is 0 Å². The molecule has 0 amide bonds. The van der Waals surface area contributed by atoms with Gasteiger partial charge in [0, 0.05) is 10.6 Å². The lowest BCUT2D eigenvalue weighted by atomic mass is 10.2. The van der Waals surface area contributed by atoms with Crippen molar-refractivity contribution in [2.45, 2.75) is 26.2 Å². The van der Waals surface area contributed by atoms with Gasteiger partial charge in [0.1, 0.15) is 15.7 Å². The minimum absolute atomic E-state index is 0.563. The number of aryl methyl sites for hydroxylation is 3. The minimum Gasteiger partial charge on any atom is -0.250 e. The first-order chi connectivity index (χ1) is 9.72. The molecule has 100 valence electrons. The third-order valence-electron chi connectivity index (χ3n) is 3.64. The lowest BCUT2D eigenvalue weighted by molar-refractivity contribution is 0.917. The van der Waals surface area contributed by atoms with Crippen LogP contribution >= 0.6 is 22.9 Å². The van der Waals surface area contributed by atoms with E-state index in [9.17, 15) is 0 Å². The zero-order valence-electron chi connectivity index (χ0n) is 11.0. The van der Waals surface area contributed by atoms with E-state index in [1.54, 1.807) is 11.3 Å². The topological polar surface area (TPSA) is 38.7 Å². The highest BCUT2D eigenvalue weighted by Gasteiger charge is 2.22. The lowest BCUT2D eigenvalue weighted by Crippen LogP contribution is -1.94. The Labute approximate surface area is 125 Å². The molecule has 5 heteroatoms. The Morgan fingerprint density at radius 2 is 2.05 bits per heavy atom. The van der Waals surface area contributed by atoms with Gasteiger partial charge in [0.15, 0.2) is 5.82 Å². The number of rotatable bonds is 1. The van der Waals surface area contributed by atoms with Gasteiger partial charge in [-0.05, 0) is 43.9 Å². The van der Waals surface area contributed by atoms with E-state index in [1.165, 1.54) is 16.9 Å². The third kappa shape index (κ3) is 1.83. The summed E-state index contributed by atoms with van der Waals surface area (Å²) in [6.45, 7) is 1.96. The average Bonchev–Trinajstić information content (AvgIpc) is 2.98. The molecule has 0 radical (unpaired) electrons. The van der Waals surface area contributed by atoms with E-state index in [2.05, 4.69) is 15.0 Å². The zero-order valence-corrected chi connectivity index (χ0v) is 12.6. The second-order valence-electron chi connectivity index (χ2n) is 5.04. The van der Waals surface area contributed by atoms with E-state index < -0.39 is 0 Å². The van der Waals surface area contributed by atoms with Gasteiger partial charge in [-0.25, -0.2) is 15.0 Å². The molecule has 3 heterocycles. The van der Waals surface area contributed by atoms with E-state index >= 15 is 0 Å². The third-order valence-corrected chi connectivity index (χ3v) is 5.10. The monoisotopic (exact) mass is 301 g/mol. The molecule has 0 aromatic carbocycles. The van der Waals surface area contributed by atoms with Crippen LogP contribution in [0.25, 0.3) is 21.7 Å². The zero-order chi connectivity index (χ0) is 13.7. The van der Waals surface area contributed by atoms with Crippen LogP contribution in [0.2, 0.25) is 5.15 Å². The molecule has 0 fully saturated rings. The second kappa shape index (κ2) is 4.50. The van der Waals surface area contributed by atoms with Crippen molar-refractivity contribution in [2.75, 3.05) is 0 Å². The van der Waals surface area contributed by atoms with E-state index in [0.29, 0.717) is 11.0 Å². The van der Waals surface area contributed by atoms with Crippen LogP contribution in [-0.2, 0) is 12.8 Å². The summed E-state index contributed by atoms with van der Waals surface area (Å²) in [5.41, 5.74) is 3.09. The second-order valence-corrected chi connectivity index (χ2v) is 6.48. The van der Waals surface area contributed by atoms with Gasteiger partial charge in [-0.2, -0.15) is 0 Å². The molecule has 20 heavy (non-hydrogen) atoms. The summed E-state index contributed by atoms with van der Waals surface area (Å²) in [6, 6.07) is 5.85. The first-order valence-corrected chi connectivity index (χ1v) is 7.83. The number of pyridine rings is 1. The predicted octanol–water partition coefficient (Wildman–Crippen LogP) is 4.20. The van der Waals surface area contributed by atoms with E-state index in [0.717, 1.165) is 34.4 Å². The van der Waals surface area contributed by atoms with Gasteiger partial charge in [0.2, 0.25) is 0 Å². The van der Waals surface area contributed by atoms with E-state index in [-0.39, 0.29) is 0 Å². The number of fused-ring (bicyclic) bond motifs is 3. The minimum atomic E-state index is 0.563. The largest absolute Gasteiger partial charge is 0.250 e. The highest BCUT2D eigenvalue weighted by Crippen LogP contribution is 2.39. The summed E-state index contributed by atoms with van der Waals surface area (Å²) in [5, 5.41) is 1.62. The number of nitrogens with zero attached hydrogens (tertiary/aromatic N) is 3. The lowest BCUT2D eigenvalue weighted by Gasteiger charge is -2.03. The quantitative estimate of drug-likeness (QED) is 0.632. The van der Waals surface area contributed by atoms with Crippen LogP contribution in [0.3, 0.4) is 0 Å². The molecule has 1 aliphatic rings. The Morgan fingerprint density at radius 3 is 2.90 bits per heavy atom. The van der Waals surface area contributed by atoms with Crippen molar-refractivity contribution in [2.24, 2.45) is 0 Å². The average molecular weight is 302 g/mol. The van der Waals surface area contributed by atoms with Gasteiger partial charge >= 0.3 is 0 Å². The number of hydrogen-bond donors (Lipinski definition) is 0. The van der Waals surface area contributed by atoms with Gasteiger partial charge < -0.3 is 0 Å². The molecule has 3 nitrogen and oxygen atoms in total. The maximum Gasteiger partial charge on any atom is 0.180 e. The molecule has 3 aromatic rings. The summed E-state index contributed by atoms with van der Waals surface area (Å²) >= 11 is 8.15. The number of aromatic nitrogens is 3. The normalized spacial score (nSPS) is 13.9. The fourth-order valence-electron chi connectivity index (χ4n) is 2.73. The molecular weight excluding hydrogens is 290 g/mol. The molecule has 0 N–H and O–H groups in total. The summed E-state index contributed by atoms with van der Waals surface area (Å²) < 4.78 is 0. The predicted molar refractivity (Wildman–Crippen MR) is 82.4 cm³/mol. The Hall–Kier alpha value is -1.52. The van der Waals surface area contributed by atoms with Crippen LogP contribution in [-0.4, -0.2) is 15.0 Å². The van der Waals surface area contributed by atoms with Crippen molar-refractivity contribution in [3.05, 3.63) is 39.5 Å². The summed E-state index contributed by atoms with van der Waals surface area (Å²) in [4.78, 5) is 16.0. The Balaban J connectivity index is 1.95.